The van der Waals surface area contributed by atoms with Crippen LogP contribution in [0.2, 0.25) is 5.02 Å². The molecule has 6 heteroatoms. The Morgan fingerprint density at radius 2 is 1.95 bits per heavy atom. The summed E-state index contributed by atoms with van der Waals surface area (Å²) in [7, 11) is 0. The van der Waals surface area contributed by atoms with Gasteiger partial charge in [0.2, 0.25) is 5.96 Å². The van der Waals surface area contributed by atoms with Gasteiger partial charge in [0, 0.05) is 0 Å². The second-order valence-corrected chi connectivity index (χ2v) is 4.66. The van der Waals surface area contributed by atoms with Gasteiger partial charge in [0.25, 0.3) is 0 Å². The van der Waals surface area contributed by atoms with Crippen molar-refractivity contribution in [3.63, 3.8) is 0 Å². The molecular weight excluding hydrogens is 262 g/mol. The summed E-state index contributed by atoms with van der Waals surface area (Å²) < 4.78 is 0. The number of halogens is 1. The van der Waals surface area contributed by atoms with Crippen molar-refractivity contribution in [1.82, 2.24) is 0 Å². The fraction of sp³-hybridized carbons (Fsp3) is 0.385. The Labute approximate surface area is 118 Å². The second kappa shape index (κ2) is 7.63. The number of benzene rings is 1. The fourth-order valence-electron chi connectivity index (χ4n) is 1.66. The van der Waals surface area contributed by atoms with E-state index in [1.807, 2.05) is 18.2 Å². The molecule has 0 aromatic heterocycles. The monoisotopic (exact) mass is 281 g/mol. The van der Waals surface area contributed by atoms with Gasteiger partial charge in [-0.2, -0.15) is 4.99 Å². The lowest BCUT2D eigenvalue weighted by atomic mass is 10.1. The standard InChI is InChI=1S/C13H20ClN5/c1-2-3-4-5-9-6-7-11(10(14)8-9)18-13(17)19-12(15)16/h6-8H,2-5H2,1H3,(H6,15,16,17,18,19). The van der Waals surface area contributed by atoms with Crippen LogP contribution in [0.15, 0.2) is 28.2 Å². The summed E-state index contributed by atoms with van der Waals surface area (Å²) in [6, 6.07) is 5.71. The molecule has 6 N–H and O–H groups in total. The third-order valence-corrected chi connectivity index (χ3v) is 2.86. The van der Waals surface area contributed by atoms with Crippen LogP contribution in [0.25, 0.3) is 0 Å². The van der Waals surface area contributed by atoms with Crippen LogP contribution in [0, 0.1) is 0 Å². The maximum absolute atomic E-state index is 6.15. The van der Waals surface area contributed by atoms with Gasteiger partial charge in [0.05, 0.1) is 10.7 Å². The SMILES string of the molecule is CCCCCc1ccc(N=C(N)N=C(N)N)c(Cl)c1. The van der Waals surface area contributed by atoms with Crippen molar-refractivity contribution in [3.8, 4) is 0 Å². The highest BCUT2D eigenvalue weighted by atomic mass is 35.5. The Balaban J connectivity index is 2.80. The molecule has 0 bridgehead atoms. The molecule has 0 spiro atoms. The highest BCUT2D eigenvalue weighted by molar-refractivity contribution is 6.33. The summed E-state index contributed by atoms with van der Waals surface area (Å²) in [5.74, 6) is -0.144. The zero-order chi connectivity index (χ0) is 14.3. The Hall–Kier alpha value is -1.75. The molecule has 0 unspecified atom stereocenters. The van der Waals surface area contributed by atoms with E-state index in [0.717, 1.165) is 12.8 Å². The van der Waals surface area contributed by atoms with E-state index in [2.05, 4.69) is 16.9 Å². The van der Waals surface area contributed by atoms with E-state index in [4.69, 9.17) is 28.8 Å². The van der Waals surface area contributed by atoms with E-state index >= 15 is 0 Å². The van der Waals surface area contributed by atoms with Gasteiger partial charge >= 0.3 is 0 Å². The van der Waals surface area contributed by atoms with Crippen molar-refractivity contribution >= 4 is 29.2 Å². The van der Waals surface area contributed by atoms with Crippen LogP contribution in [0.4, 0.5) is 5.69 Å². The van der Waals surface area contributed by atoms with Gasteiger partial charge in [-0.1, -0.05) is 37.4 Å². The molecule has 0 saturated carbocycles. The van der Waals surface area contributed by atoms with E-state index in [1.54, 1.807) is 0 Å². The van der Waals surface area contributed by atoms with Crippen molar-refractivity contribution in [2.24, 2.45) is 27.2 Å². The summed E-state index contributed by atoms with van der Waals surface area (Å²) in [5, 5.41) is 0.544. The Morgan fingerprint density at radius 1 is 1.21 bits per heavy atom. The topological polar surface area (TPSA) is 103 Å². The molecule has 5 nitrogen and oxygen atoms in total. The van der Waals surface area contributed by atoms with E-state index in [0.29, 0.717) is 10.7 Å². The first-order chi connectivity index (χ1) is 9.02. The summed E-state index contributed by atoms with van der Waals surface area (Å²) in [4.78, 5) is 7.69. The molecule has 0 aliphatic rings. The second-order valence-electron chi connectivity index (χ2n) is 4.25. The molecule has 0 atom stereocenters. The largest absolute Gasteiger partial charge is 0.370 e. The molecule has 1 rings (SSSR count). The molecule has 0 aliphatic carbocycles. The molecule has 104 valence electrons. The first kappa shape index (κ1) is 15.3. The van der Waals surface area contributed by atoms with Gasteiger partial charge in [-0.25, -0.2) is 4.99 Å². The number of nitrogens with two attached hydrogens (primary N) is 3. The fourth-order valence-corrected chi connectivity index (χ4v) is 1.90. The van der Waals surface area contributed by atoms with Crippen molar-refractivity contribution < 1.29 is 0 Å². The molecule has 0 fully saturated rings. The quantitative estimate of drug-likeness (QED) is 0.438. The number of hydrogen-bond donors (Lipinski definition) is 3. The van der Waals surface area contributed by atoms with Crippen molar-refractivity contribution in [3.05, 3.63) is 28.8 Å². The number of aryl methyl sites for hydroxylation is 1. The van der Waals surface area contributed by atoms with Gasteiger partial charge in [0.15, 0.2) is 5.96 Å². The van der Waals surface area contributed by atoms with Crippen LogP contribution < -0.4 is 17.2 Å². The minimum absolute atomic E-state index is 0.0133. The molecule has 1 aromatic carbocycles. The molecule has 0 radical (unpaired) electrons. The highest BCUT2D eigenvalue weighted by Crippen LogP contribution is 2.26. The van der Waals surface area contributed by atoms with E-state index in [-0.39, 0.29) is 11.9 Å². The maximum atomic E-state index is 6.15. The molecule has 0 amide bonds. The van der Waals surface area contributed by atoms with Gasteiger partial charge in [0.1, 0.15) is 0 Å². The highest BCUT2D eigenvalue weighted by Gasteiger charge is 2.02. The zero-order valence-corrected chi connectivity index (χ0v) is 11.8. The Bertz CT molecular complexity index is 478. The molecular formula is C13H20ClN5. The molecule has 0 heterocycles. The number of guanidine groups is 2. The third-order valence-electron chi connectivity index (χ3n) is 2.56. The predicted octanol–water partition coefficient (Wildman–Crippen LogP) is 2.29. The lowest BCUT2D eigenvalue weighted by Crippen LogP contribution is -2.26. The van der Waals surface area contributed by atoms with Crippen molar-refractivity contribution in [2.75, 3.05) is 0 Å². The number of hydrogen-bond acceptors (Lipinski definition) is 1. The predicted molar refractivity (Wildman–Crippen MR) is 81.8 cm³/mol. The van der Waals surface area contributed by atoms with Crippen LogP contribution in [-0.2, 0) is 6.42 Å². The average molecular weight is 282 g/mol. The molecule has 19 heavy (non-hydrogen) atoms. The summed E-state index contributed by atoms with van der Waals surface area (Å²) >= 11 is 6.15. The number of unbranched alkanes of at least 4 members (excludes halogenated alkanes) is 2. The minimum Gasteiger partial charge on any atom is -0.370 e. The van der Waals surface area contributed by atoms with Crippen LogP contribution >= 0.6 is 11.6 Å². The third kappa shape index (κ3) is 5.61. The van der Waals surface area contributed by atoms with Crippen LogP contribution in [0.5, 0.6) is 0 Å². The molecule has 0 aliphatic heterocycles. The van der Waals surface area contributed by atoms with E-state index in [1.165, 1.54) is 18.4 Å². The van der Waals surface area contributed by atoms with Crippen molar-refractivity contribution in [1.29, 1.82) is 0 Å². The number of nitrogens with zero attached hydrogens (tertiary/aromatic N) is 2. The Morgan fingerprint density at radius 3 is 2.53 bits per heavy atom. The summed E-state index contributed by atoms with van der Waals surface area (Å²) in [5.41, 5.74) is 17.7. The lowest BCUT2D eigenvalue weighted by Gasteiger charge is -2.04. The van der Waals surface area contributed by atoms with Gasteiger partial charge in [-0.15, -0.1) is 0 Å². The smallest absolute Gasteiger partial charge is 0.223 e. The lowest BCUT2D eigenvalue weighted by molar-refractivity contribution is 0.717. The summed E-state index contributed by atoms with van der Waals surface area (Å²) in [6.45, 7) is 2.18. The van der Waals surface area contributed by atoms with Gasteiger partial charge < -0.3 is 17.2 Å². The number of rotatable bonds is 5. The maximum Gasteiger partial charge on any atom is 0.223 e. The Kier molecular flexibility index (Phi) is 6.15. The van der Waals surface area contributed by atoms with Crippen LogP contribution in [0.1, 0.15) is 31.7 Å². The summed E-state index contributed by atoms with van der Waals surface area (Å²) in [6.07, 6.45) is 4.59. The van der Waals surface area contributed by atoms with Gasteiger partial charge in [-0.3, -0.25) is 0 Å². The first-order valence-electron chi connectivity index (χ1n) is 6.25. The average Bonchev–Trinajstić information content (AvgIpc) is 2.32. The molecule has 0 saturated heterocycles. The van der Waals surface area contributed by atoms with Crippen LogP contribution in [-0.4, -0.2) is 11.9 Å². The minimum atomic E-state index is -0.131. The van der Waals surface area contributed by atoms with Gasteiger partial charge in [-0.05, 0) is 30.5 Å². The number of aliphatic imine (C=N–C) groups is 2. The van der Waals surface area contributed by atoms with Crippen LogP contribution in [0.3, 0.4) is 0 Å². The first-order valence-corrected chi connectivity index (χ1v) is 6.63. The van der Waals surface area contributed by atoms with E-state index < -0.39 is 0 Å². The zero-order valence-electron chi connectivity index (χ0n) is 11.1. The normalized spacial score (nSPS) is 11.4. The van der Waals surface area contributed by atoms with Crippen molar-refractivity contribution in [2.45, 2.75) is 32.6 Å². The molecule has 1 aromatic rings. The van der Waals surface area contributed by atoms with E-state index in [9.17, 15) is 0 Å².